The quantitative estimate of drug-likeness (QED) is 0.865. The van der Waals surface area contributed by atoms with Crippen LogP contribution in [-0.4, -0.2) is 42.5 Å². The maximum atomic E-state index is 12.6. The lowest BCUT2D eigenvalue weighted by atomic mass is 9.50. The molecule has 4 nitrogen and oxygen atoms in total. The molecule has 23 heavy (non-hydrogen) atoms. The fourth-order valence-electron chi connectivity index (χ4n) is 5.43. The standard InChI is InChI=1S/C19H25NO3/c1-11-8-13-14-9-12-4-5-16(23-3)18(22)17(12)19(13,10-15(11)21)6-7-20(14)2/h4-5,11,13-14,22H,6-10H2,1-3H3/t11-,13-,14+,19-/m0/s1. The minimum Gasteiger partial charge on any atom is -0.504 e. The summed E-state index contributed by atoms with van der Waals surface area (Å²) < 4.78 is 5.35. The normalized spacial score (nSPS) is 36.3. The van der Waals surface area contributed by atoms with Crippen LogP contribution in [0.15, 0.2) is 12.1 Å². The number of hydrogen-bond donors (Lipinski definition) is 1. The minimum absolute atomic E-state index is 0.136. The van der Waals surface area contributed by atoms with Crippen LogP contribution in [0.2, 0.25) is 0 Å². The number of carbonyl (C=O) groups excluding carboxylic acids is 1. The first-order valence-corrected chi connectivity index (χ1v) is 8.60. The van der Waals surface area contributed by atoms with Gasteiger partial charge in [0.15, 0.2) is 11.5 Å². The second kappa shape index (κ2) is 4.97. The van der Waals surface area contributed by atoms with Gasteiger partial charge in [0, 0.05) is 29.4 Å². The number of methoxy groups -OCH3 is 1. The highest BCUT2D eigenvalue weighted by molar-refractivity contribution is 5.84. The van der Waals surface area contributed by atoms with Crippen LogP contribution in [0.1, 0.15) is 37.3 Å². The number of likely N-dealkylation sites (tertiary alicyclic amines) is 1. The molecule has 0 amide bonds. The molecule has 0 radical (unpaired) electrons. The van der Waals surface area contributed by atoms with Gasteiger partial charge in [0.05, 0.1) is 7.11 Å². The topological polar surface area (TPSA) is 49.8 Å². The molecular weight excluding hydrogens is 290 g/mol. The fourth-order valence-corrected chi connectivity index (χ4v) is 5.43. The molecule has 4 rings (SSSR count). The van der Waals surface area contributed by atoms with E-state index in [4.69, 9.17) is 4.74 Å². The summed E-state index contributed by atoms with van der Waals surface area (Å²) in [4.78, 5) is 15.0. The van der Waals surface area contributed by atoms with E-state index in [0.29, 0.717) is 29.9 Å². The Morgan fingerprint density at radius 3 is 2.91 bits per heavy atom. The molecule has 4 atom stereocenters. The van der Waals surface area contributed by atoms with Crippen LogP contribution in [0, 0.1) is 11.8 Å². The summed E-state index contributed by atoms with van der Waals surface area (Å²) in [6, 6.07) is 4.41. The lowest BCUT2D eigenvalue weighted by molar-refractivity contribution is -0.132. The molecule has 1 aromatic rings. The van der Waals surface area contributed by atoms with Gasteiger partial charge in [-0.3, -0.25) is 4.79 Å². The number of Topliss-reactive ketones (excluding diaryl/α,β-unsaturated/α-hetero) is 1. The number of ketones is 1. The van der Waals surface area contributed by atoms with Crippen molar-refractivity contribution in [2.75, 3.05) is 20.7 Å². The van der Waals surface area contributed by atoms with Crippen LogP contribution in [0.5, 0.6) is 11.5 Å². The van der Waals surface area contributed by atoms with Crippen molar-refractivity contribution in [1.29, 1.82) is 0 Å². The van der Waals surface area contributed by atoms with Gasteiger partial charge in [0.2, 0.25) is 0 Å². The number of carbonyl (C=O) groups is 1. The van der Waals surface area contributed by atoms with Crippen molar-refractivity contribution in [3.63, 3.8) is 0 Å². The molecule has 0 spiro atoms. The molecule has 1 N–H and O–H groups in total. The highest BCUT2D eigenvalue weighted by Crippen LogP contribution is 2.58. The molecule has 1 aliphatic heterocycles. The molecule has 0 unspecified atom stereocenters. The SMILES string of the molecule is COc1ccc2c(c1O)[C@]13CCN(C)[C@H](C2)[C@@H]1C[C@H](C)C(=O)C3. The number of rotatable bonds is 1. The minimum atomic E-state index is -0.201. The summed E-state index contributed by atoms with van der Waals surface area (Å²) in [5.74, 6) is 1.72. The number of likely N-dealkylation sites (N-methyl/N-ethyl adjacent to an activating group) is 1. The third-order valence-corrected chi connectivity index (χ3v) is 6.67. The van der Waals surface area contributed by atoms with Crippen LogP contribution >= 0.6 is 0 Å². The molecule has 2 aliphatic carbocycles. The number of fused-ring (bicyclic) bond motifs is 1. The van der Waals surface area contributed by atoms with Crippen LogP contribution < -0.4 is 4.74 Å². The summed E-state index contributed by atoms with van der Waals surface area (Å²) in [6.07, 6.45) is 3.40. The predicted molar refractivity (Wildman–Crippen MR) is 88.0 cm³/mol. The zero-order valence-electron chi connectivity index (χ0n) is 14.1. The molecule has 4 heteroatoms. The van der Waals surface area contributed by atoms with Gasteiger partial charge in [-0.2, -0.15) is 0 Å². The van der Waals surface area contributed by atoms with Gasteiger partial charge in [-0.15, -0.1) is 0 Å². The van der Waals surface area contributed by atoms with Gasteiger partial charge in [-0.25, -0.2) is 0 Å². The van der Waals surface area contributed by atoms with Gasteiger partial charge >= 0.3 is 0 Å². The zero-order chi connectivity index (χ0) is 16.4. The largest absolute Gasteiger partial charge is 0.504 e. The van der Waals surface area contributed by atoms with E-state index in [1.54, 1.807) is 7.11 Å². The number of hydrogen-bond acceptors (Lipinski definition) is 4. The van der Waals surface area contributed by atoms with E-state index in [1.165, 1.54) is 5.56 Å². The summed E-state index contributed by atoms with van der Waals surface area (Å²) in [5, 5.41) is 10.8. The van der Waals surface area contributed by atoms with Crippen molar-refractivity contribution in [1.82, 2.24) is 4.90 Å². The summed E-state index contributed by atoms with van der Waals surface area (Å²) >= 11 is 0. The van der Waals surface area contributed by atoms with E-state index in [9.17, 15) is 9.90 Å². The molecule has 2 bridgehead atoms. The third kappa shape index (κ3) is 1.90. The molecule has 2 fully saturated rings. The highest BCUT2D eigenvalue weighted by Gasteiger charge is 2.57. The Morgan fingerprint density at radius 1 is 1.39 bits per heavy atom. The molecular formula is C19H25NO3. The van der Waals surface area contributed by atoms with Crippen molar-refractivity contribution in [3.8, 4) is 11.5 Å². The fraction of sp³-hybridized carbons (Fsp3) is 0.632. The Kier molecular flexibility index (Phi) is 3.24. The Morgan fingerprint density at radius 2 is 2.17 bits per heavy atom. The van der Waals surface area contributed by atoms with Crippen molar-refractivity contribution in [3.05, 3.63) is 23.3 Å². The van der Waals surface area contributed by atoms with Crippen molar-refractivity contribution < 1.29 is 14.6 Å². The summed E-state index contributed by atoms with van der Waals surface area (Å²) in [5.41, 5.74) is 2.00. The Hall–Kier alpha value is -1.55. The van der Waals surface area contributed by atoms with E-state index < -0.39 is 0 Å². The number of nitrogens with zero attached hydrogens (tertiary/aromatic N) is 1. The van der Waals surface area contributed by atoms with Gasteiger partial charge in [0.25, 0.3) is 0 Å². The number of ether oxygens (including phenoxy) is 1. The Bertz CT molecular complexity index is 671. The average Bonchev–Trinajstić information content (AvgIpc) is 2.52. The first kappa shape index (κ1) is 15.0. The molecule has 1 heterocycles. The lowest BCUT2D eigenvalue weighted by Crippen LogP contribution is -2.62. The van der Waals surface area contributed by atoms with Crippen molar-refractivity contribution >= 4 is 5.78 Å². The van der Waals surface area contributed by atoms with Gasteiger partial charge in [-0.1, -0.05) is 13.0 Å². The second-order valence-electron chi connectivity index (χ2n) is 7.70. The molecule has 1 aromatic carbocycles. The van der Waals surface area contributed by atoms with Crippen molar-refractivity contribution in [2.45, 2.75) is 44.1 Å². The van der Waals surface area contributed by atoms with E-state index in [2.05, 4.69) is 24.9 Å². The Balaban J connectivity index is 1.94. The van der Waals surface area contributed by atoms with E-state index in [0.717, 1.165) is 31.4 Å². The number of aromatic hydroxyl groups is 1. The molecule has 124 valence electrons. The first-order chi connectivity index (χ1) is 11.0. The zero-order valence-corrected chi connectivity index (χ0v) is 14.1. The second-order valence-corrected chi connectivity index (χ2v) is 7.70. The summed E-state index contributed by atoms with van der Waals surface area (Å²) in [7, 11) is 3.79. The van der Waals surface area contributed by atoms with Crippen LogP contribution in [0.3, 0.4) is 0 Å². The molecule has 0 aromatic heterocycles. The van der Waals surface area contributed by atoms with Crippen LogP contribution in [-0.2, 0) is 16.6 Å². The monoisotopic (exact) mass is 315 g/mol. The third-order valence-electron chi connectivity index (χ3n) is 6.67. The average molecular weight is 315 g/mol. The highest BCUT2D eigenvalue weighted by atomic mass is 16.5. The van der Waals surface area contributed by atoms with Gasteiger partial charge in [-0.05, 0) is 50.4 Å². The van der Waals surface area contributed by atoms with Gasteiger partial charge in [0.1, 0.15) is 5.78 Å². The number of piperidine rings is 1. The Labute approximate surface area is 137 Å². The van der Waals surface area contributed by atoms with Crippen molar-refractivity contribution in [2.24, 2.45) is 11.8 Å². The predicted octanol–water partition coefficient (Wildman–Crippen LogP) is 2.51. The molecule has 3 aliphatic rings. The number of phenols is 1. The van der Waals surface area contributed by atoms with Gasteiger partial charge < -0.3 is 14.7 Å². The maximum absolute atomic E-state index is 12.6. The smallest absolute Gasteiger partial charge is 0.161 e. The lowest BCUT2D eigenvalue weighted by Gasteiger charge is -2.58. The first-order valence-electron chi connectivity index (χ1n) is 8.60. The van der Waals surface area contributed by atoms with Crippen LogP contribution in [0.4, 0.5) is 0 Å². The van der Waals surface area contributed by atoms with E-state index in [-0.39, 0.29) is 17.1 Å². The van der Waals surface area contributed by atoms with E-state index >= 15 is 0 Å². The molecule has 1 saturated heterocycles. The van der Waals surface area contributed by atoms with Crippen LogP contribution in [0.25, 0.3) is 0 Å². The maximum Gasteiger partial charge on any atom is 0.161 e. The number of phenolic OH excluding ortho intramolecular Hbond substituents is 1. The molecule has 1 saturated carbocycles. The summed E-state index contributed by atoms with van der Waals surface area (Å²) in [6.45, 7) is 3.05. The van der Waals surface area contributed by atoms with E-state index in [1.807, 2.05) is 6.07 Å². The number of benzene rings is 1.